The Morgan fingerprint density at radius 3 is 2.28 bits per heavy atom. The first kappa shape index (κ1) is 22.3. The van der Waals surface area contributed by atoms with E-state index >= 15 is 0 Å². The fourth-order valence-electron chi connectivity index (χ4n) is 3.85. The van der Waals surface area contributed by atoms with Crippen molar-refractivity contribution < 1.29 is 19.1 Å². The van der Waals surface area contributed by atoms with E-state index in [9.17, 15) is 9.59 Å². The summed E-state index contributed by atoms with van der Waals surface area (Å²) < 4.78 is 11.0. The number of nitrogens with zero attached hydrogens (tertiary/aromatic N) is 2. The molecule has 0 spiro atoms. The molecular weight excluding hydrogens is 430 g/mol. The summed E-state index contributed by atoms with van der Waals surface area (Å²) in [5.41, 5.74) is 1.61. The van der Waals surface area contributed by atoms with E-state index in [-0.39, 0.29) is 17.2 Å². The minimum Gasteiger partial charge on any atom is -0.486 e. The average molecular weight is 458 g/mol. The van der Waals surface area contributed by atoms with E-state index in [1.165, 1.54) is 0 Å². The maximum Gasteiger partial charge on any atom is 0.255 e. The zero-order valence-corrected chi connectivity index (χ0v) is 19.4. The van der Waals surface area contributed by atoms with Gasteiger partial charge in [-0.1, -0.05) is 32.4 Å². The fourth-order valence-corrected chi connectivity index (χ4v) is 4.15. The molecule has 0 unspecified atom stereocenters. The SMILES string of the molecule is CC(C)(C)C(=O)N1CCN(c2ccc(NC(=O)c3ccc4c(c3)OCCO4)cc2Cl)CC1. The summed E-state index contributed by atoms with van der Waals surface area (Å²) >= 11 is 6.55. The van der Waals surface area contributed by atoms with E-state index in [0.29, 0.717) is 67.2 Å². The maximum atomic E-state index is 12.7. The highest BCUT2D eigenvalue weighted by molar-refractivity contribution is 6.33. The van der Waals surface area contributed by atoms with Gasteiger partial charge in [-0.25, -0.2) is 0 Å². The van der Waals surface area contributed by atoms with Crippen LogP contribution in [0.5, 0.6) is 11.5 Å². The molecule has 7 nitrogen and oxygen atoms in total. The lowest BCUT2D eigenvalue weighted by atomic mass is 9.94. The van der Waals surface area contributed by atoms with Gasteiger partial charge in [-0.3, -0.25) is 9.59 Å². The first-order chi connectivity index (χ1) is 15.2. The predicted octanol–water partition coefficient (Wildman–Crippen LogP) is 4.06. The molecule has 2 amide bonds. The van der Waals surface area contributed by atoms with Crippen LogP contribution in [0.25, 0.3) is 0 Å². The zero-order valence-electron chi connectivity index (χ0n) is 18.6. The van der Waals surface area contributed by atoms with E-state index in [1.54, 1.807) is 24.3 Å². The minimum atomic E-state index is -0.378. The lowest BCUT2D eigenvalue weighted by Gasteiger charge is -2.39. The molecule has 0 aliphatic carbocycles. The maximum absolute atomic E-state index is 12.7. The van der Waals surface area contributed by atoms with E-state index in [0.717, 1.165) is 5.69 Å². The van der Waals surface area contributed by atoms with Crippen molar-refractivity contribution >= 4 is 34.8 Å². The topological polar surface area (TPSA) is 71.1 Å². The Hall–Kier alpha value is -2.93. The van der Waals surface area contributed by atoms with E-state index in [1.807, 2.05) is 37.8 Å². The van der Waals surface area contributed by atoms with Crippen LogP contribution in [-0.2, 0) is 4.79 Å². The Labute approximate surface area is 193 Å². The molecular formula is C24H28ClN3O4. The van der Waals surface area contributed by atoms with Crippen LogP contribution < -0.4 is 19.7 Å². The summed E-state index contributed by atoms with van der Waals surface area (Å²) in [5.74, 6) is 1.13. The number of hydrogen-bond acceptors (Lipinski definition) is 5. The summed E-state index contributed by atoms with van der Waals surface area (Å²) in [5, 5.41) is 3.44. The number of fused-ring (bicyclic) bond motifs is 1. The fraction of sp³-hybridized carbons (Fsp3) is 0.417. The first-order valence-electron chi connectivity index (χ1n) is 10.8. The third-order valence-electron chi connectivity index (χ3n) is 5.56. The molecule has 0 radical (unpaired) electrons. The van der Waals surface area contributed by atoms with Gasteiger partial charge in [0.05, 0.1) is 10.7 Å². The quantitative estimate of drug-likeness (QED) is 0.752. The van der Waals surface area contributed by atoms with Gasteiger partial charge in [-0.05, 0) is 36.4 Å². The number of carbonyl (C=O) groups excluding carboxylic acids is 2. The molecule has 4 rings (SSSR count). The summed E-state index contributed by atoms with van der Waals surface area (Å²) in [6, 6.07) is 10.6. The van der Waals surface area contributed by atoms with Gasteiger partial charge in [0.25, 0.3) is 5.91 Å². The van der Waals surface area contributed by atoms with Gasteiger partial charge in [-0.15, -0.1) is 0 Å². The monoisotopic (exact) mass is 457 g/mol. The Morgan fingerprint density at radius 1 is 0.938 bits per heavy atom. The molecule has 1 N–H and O–H groups in total. The van der Waals surface area contributed by atoms with E-state index in [2.05, 4.69) is 10.2 Å². The smallest absolute Gasteiger partial charge is 0.255 e. The van der Waals surface area contributed by atoms with Crippen molar-refractivity contribution in [3.05, 3.63) is 47.0 Å². The van der Waals surface area contributed by atoms with E-state index in [4.69, 9.17) is 21.1 Å². The molecule has 2 aromatic carbocycles. The highest BCUT2D eigenvalue weighted by Crippen LogP contribution is 2.32. The summed E-state index contributed by atoms with van der Waals surface area (Å²) in [6.07, 6.45) is 0. The molecule has 1 fully saturated rings. The lowest BCUT2D eigenvalue weighted by molar-refractivity contribution is -0.139. The van der Waals surface area contributed by atoms with Crippen LogP contribution in [0, 0.1) is 5.41 Å². The summed E-state index contributed by atoms with van der Waals surface area (Å²) in [7, 11) is 0. The number of benzene rings is 2. The van der Waals surface area contributed by atoms with Gasteiger partial charge >= 0.3 is 0 Å². The summed E-state index contributed by atoms with van der Waals surface area (Å²) in [4.78, 5) is 29.3. The molecule has 170 valence electrons. The molecule has 2 aromatic rings. The van der Waals surface area contributed by atoms with E-state index < -0.39 is 0 Å². The average Bonchev–Trinajstić information content (AvgIpc) is 2.78. The van der Waals surface area contributed by atoms with Crippen molar-refractivity contribution in [2.75, 3.05) is 49.6 Å². The number of piperazine rings is 1. The molecule has 2 heterocycles. The molecule has 2 aliphatic rings. The van der Waals surface area contributed by atoms with Crippen molar-refractivity contribution in [2.24, 2.45) is 5.41 Å². The highest BCUT2D eigenvalue weighted by atomic mass is 35.5. The number of hydrogen-bond donors (Lipinski definition) is 1. The van der Waals surface area contributed by atoms with Crippen molar-refractivity contribution in [1.82, 2.24) is 4.90 Å². The van der Waals surface area contributed by atoms with Gasteiger partial charge in [-0.2, -0.15) is 0 Å². The minimum absolute atomic E-state index is 0.167. The van der Waals surface area contributed by atoms with Gasteiger partial charge in [0.2, 0.25) is 5.91 Å². The van der Waals surface area contributed by atoms with Crippen LogP contribution in [0.1, 0.15) is 31.1 Å². The largest absolute Gasteiger partial charge is 0.486 e. The molecule has 0 saturated carbocycles. The molecule has 1 saturated heterocycles. The van der Waals surface area contributed by atoms with Crippen LogP contribution >= 0.6 is 11.6 Å². The predicted molar refractivity (Wildman–Crippen MR) is 125 cm³/mol. The van der Waals surface area contributed by atoms with Crippen molar-refractivity contribution in [1.29, 1.82) is 0 Å². The Bertz CT molecular complexity index is 1030. The molecule has 8 heteroatoms. The first-order valence-corrected chi connectivity index (χ1v) is 11.1. The molecule has 32 heavy (non-hydrogen) atoms. The number of halogens is 1. The normalized spacial score (nSPS) is 16.0. The molecule has 0 bridgehead atoms. The van der Waals surface area contributed by atoms with Gasteiger partial charge in [0.15, 0.2) is 11.5 Å². The lowest BCUT2D eigenvalue weighted by Crippen LogP contribution is -2.51. The molecule has 0 atom stereocenters. The summed E-state index contributed by atoms with van der Waals surface area (Å²) in [6.45, 7) is 9.54. The second kappa shape index (κ2) is 8.90. The second-order valence-electron chi connectivity index (χ2n) is 9.01. The van der Waals surface area contributed by atoms with Gasteiger partial charge < -0.3 is 24.6 Å². The molecule has 2 aliphatic heterocycles. The number of nitrogens with one attached hydrogen (secondary N) is 1. The Kier molecular flexibility index (Phi) is 6.20. The number of ether oxygens (including phenoxy) is 2. The van der Waals surface area contributed by atoms with Gasteiger partial charge in [0, 0.05) is 42.8 Å². The van der Waals surface area contributed by atoms with Crippen LogP contribution in [0.15, 0.2) is 36.4 Å². The number of anilines is 2. The van der Waals surface area contributed by atoms with Gasteiger partial charge in [0.1, 0.15) is 13.2 Å². The van der Waals surface area contributed by atoms with Crippen molar-refractivity contribution in [2.45, 2.75) is 20.8 Å². The molecule has 0 aromatic heterocycles. The standard InChI is InChI=1S/C24H28ClN3O4/c1-24(2,3)23(30)28-10-8-27(9-11-28)19-6-5-17(15-18(19)25)26-22(29)16-4-7-20-21(14-16)32-13-12-31-20/h4-7,14-15H,8-13H2,1-3H3,(H,26,29). The van der Waals surface area contributed by atoms with Crippen molar-refractivity contribution in [3.63, 3.8) is 0 Å². The Morgan fingerprint density at radius 2 is 1.62 bits per heavy atom. The zero-order chi connectivity index (χ0) is 22.9. The van der Waals surface area contributed by atoms with Crippen LogP contribution in [-0.4, -0.2) is 56.1 Å². The Balaban J connectivity index is 1.39. The van der Waals surface area contributed by atoms with Crippen LogP contribution in [0.2, 0.25) is 5.02 Å². The number of rotatable bonds is 3. The number of carbonyl (C=O) groups is 2. The third kappa shape index (κ3) is 4.78. The highest BCUT2D eigenvalue weighted by Gasteiger charge is 2.30. The van der Waals surface area contributed by atoms with Crippen LogP contribution in [0.3, 0.4) is 0 Å². The number of amides is 2. The van der Waals surface area contributed by atoms with Crippen molar-refractivity contribution in [3.8, 4) is 11.5 Å². The second-order valence-corrected chi connectivity index (χ2v) is 9.42. The third-order valence-corrected chi connectivity index (χ3v) is 5.86. The van der Waals surface area contributed by atoms with Crippen LogP contribution in [0.4, 0.5) is 11.4 Å².